The zero-order valence-corrected chi connectivity index (χ0v) is 14.7. The van der Waals surface area contributed by atoms with Gasteiger partial charge in [0.05, 0.1) is 17.2 Å². The van der Waals surface area contributed by atoms with E-state index in [9.17, 15) is 18.8 Å². The lowest BCUT2D eigenvalue weighted by Gasteiger charge is -2.12. The van der Waals surface area contributed by atoms with Crippen molar-refractivity contribution in [1.29, 1.82) is 0 Å². The second-order valence-electron chi connectivity index (χ2n) is 6.10. The number of benzene rings is 2. The molecule has 27 heavy (non-hydrogen) atoms. The molecule has 3 rings (SSSR count). The number of nitrogens with one attached hydrogen (secondary N) is 2. The van der Waals surface area contributed by atoms with Gasteiger partial charge in [-0.15, -0.1) is 0 Å². The average molecular weight is 368 g/mol. The van der Waals surface area contributed by atoms with Crippen LogP contribution in [0.3, 0.4) is 0 Å². The van der Waals surface area contributed by atoms with Crippen LogP contribution in [0.5, 0.6) is 0 Å². The zero-order chi connectivity index (χ0) is 19.6. The Labute approximate surface area is 153 Å². The van der Waals surface area contributed by atoms with E-state index < -0.39 is 17.3 Å². The normalized spacial score (nSPS) is 10.6. The summed E-state index contributed by atoms with van der Waals surface area (Å²) in [5, 5.41) is 5.45. The molecule has 0 saturated carbocycles. The first kappa shape index (κ1) is 18.2. The number of anilines is 2. The summed E-state index contributed by atoms with van der Waals surface area (Å²) in [6, 6.07) is 8.83. The van der Waals surface area contributed by atoms with Crippen LogP contribution in [0.2, 0.25) is 0 Å². The SMILES string of the molecule is CC(=O)Nc1ccc(C)c(NC(=O)Cn2cnc3ccc(F)cc3c2=O)c1. The number of nitrogens with zero attached hydrogens (tertiary/aromatic N) is 2. The standard InChI is InChI=1S/C19H17FN4O3/c1-11-3-5-14(22-12(2)25)8-17(11)23-18(26)9-24-10-21-16-6-4-13(20)7-15(16)19(24)27/h3-8,10H,9H2,1-2H3,(H,22,25)(H,23,26). The monoisotopic (exact) mass is 368 g/mol. The highest BCUT2D eigenvalue weighted by Gasteiger charge is 2.11. The Morgan fingerprint density at radius 1 is 1.15 bits per heavy atom. The molecule has 2 N–H and O–H groups in total. The van der Waals surface area contributed by atoms with E-state index >= 15 is 0 Å². The molecule has 0 radical (unpaired) electrons. The molecule has 1 aromatic heterocycles. The lowest BCUT2D eigenvalue weighted by Crippen LogP contribution is -2.28. The number of carbonyl (C=O) groups excluding carboxylic acids is 2. The minimum Gasteiger partial charge on any atom is -0.326 e. The van der Waals surface area contributed by atoms with E-state index in [0.29, 0.717) is 16.9 Å². The summed E-state index contributed by atoms with van der Waals surface area (Å²) in [6.07, 6.45) is 1.25. The molecular formula is C19H17FN4O3. The van der Waals surface area contributed by atoms with E-state index in [-0.39, 0.29) is 17.8 Å². The molecule has 0 spiro atoms. The molecule has 0 atom stereocenters. The summed E-state index contributed by atoms with van der Waals surface area (Å²) in [4.78, 5) is 40.1. The molecule has 138 valence electrons. The molecule has 0 aliphatic heterocycles. The fraction of sp³-hybridized carbons (Fsp3) is 0.158. The van der Waals surface area contributed by atoms with Gasteiger partial charge in [0.2, 0.25) is 11.8 Å². The third-order valence-corrected chi connectivity index (χ3v) is 3.93. The van der Waals surface area contributed by atoms with Crippen LogP contribution >= 0.6 is 0 Å². The fourth-order valence-corrected chi connectivity index (χ4v) is 2.63. The van der Waals surface area contributed by atoms with Crippen molar-refractivity contribution in [3.05, 3.63) is 64.5 Å². The van der Waals surface area contributed by atoms with Crippen molar-refractivity contribution < 1.29 is 14.0 Å². The first-order valence-electron chi connectivity index (χ1n) is 8.16. The lowest BCUT2D eigenvalue weighted by atomic mass is 10.1. The number of aromatic nitrogens is 2. The van der Waals surface area contributed by atoms with Crippen molar-refractivity contribution in [3.63, 3.8) is 0 Å². The molecule has 7 nitrogen and oxygen atoms in total. The molecular weight excluding hydrogens is 351 g/mol. The van der Waals surface area contributed by atoms with Crippen molar-refractivity contribution in [2.75, 3.05) is 10.6 Å². The summed E-state index contributed by atoms with van der Waals surface area (Å²) in [5.41, 5.74) is 1.71. The molecule has 0 bridgehead atoms. The average Bonchev–Trinajstić information content (AvgIpc) is 2.60. The van der Waals surface area contributed by atoms with E-state index in [1.807, 2.05) is 0 Å². The largest absolute Gasteiger partial charge is 0.326 e. The van der Waals surface area contributed by atoms with Crippen LogP contribution in [-0.2, 0) is 16.1 Å². The third kappa shape index (κ3) is 4.17. The molecule has 0 unspecified atom stereocenters. The van der Waals surface area contributed by atoms with E-state index in [1.165, 1.54) is 25.4 Å². The molecule has 0 aliphatic carbocycles. The minimum atomic E-state index is -0.547. The first-order chi connectivity index (χ1) is 12.8. The number of aryl methyl sites for hydroxylation is 1. The van der Waals surface area contributed by atoms with Crippen molar-refractivity contribution in [2.24, 2.45) is 0 Å². The van der Waals surface area contributed by atoms with Crippen molar-refractivity contribution in [3.8, 4) is 0 Å². The van der Waals surface area contributed by atoms with Crippen LogP contribution in [0, 0.1) is 12.7 Å². The van der Waals surface area contributed by atoms with Gasteiger partial charge in [-0.05, 0) is 42.8 Å². The van der Waals surface area contributed by atoms with Gasteiger partial charge in [-0.3, -0.25) is 19.0 Å². The molecule has 0 aliphatic rings. The summed E-state index contributed by atoms with van der Waals surface area (Å²) < 4.78 is 14.5. The van der Waals surface area contributed by atoms with E-state index in [2.05, 4.69) is 15.6 Å². The van der Waals surface area contributed by atoms with Crippen LogP contribution in [-0.4, -0.2) is 21.4 Å². The first-order valence-corrected chi connectivity index (χ1v) is 8.16. The Morgan fingerprint density at radius 2 is 1.93 bits per heavy atom. The number of amides is 2. The van der Waals surface area contributed by atoms with Crippen LogP contribution in [0.4, 0.5) is 15.8 Å². The zero-order valence-electron chi connectivity index (χ0n) is 14.7. The fourth-order valence-electron chi connectivity index (χ4n) is 2.63. The highest BCUT2D eigenvalue weighted by molar-refractivity contribution is 5.94. The van der Waals surface area contributed by atoms with Gasteiger partial charge >= 0.3 is 0 Å². The van der Waals surface area contributed by atoms with Crippen molar-refractivity contribution in [2.45, 2.75) is 20.4 Å². The Bertz CT molecular complexity index is 1110. The van der Waals surface area contributed by atoms with Gasteiger partial charge in [0.25, 0.3) is 5.56 Å². The van der Waals surface area contributed by atoms with Gasteiger partial charge in [-0.1, -0.05) is 6.07 Å². The number of hydrogen-bond donors (Lipinski definition) is 2. The summed E-state index contributed by atoms with van der Waals surface area (Å²) in [7, 11) is 0. The molecule has 0 saturated heterocycles. The number of carbonyl (C=O) groups is 2. The van der Waals surface area contributed by atoms with Crippen LogP contribution in [0.25, 0.3) is 10.9 Å². The second-order valence-corrected chi connectivity index (χ2v) is 6.10. The van der Waals surface area contributed by atoms with Gasteiger partial charge in [-0.25, -0.2) is 9.37 Å². The molecule has 2 aromatic carbocycles. The highest BCUT2D eigenvalue weighted by atomic mass is 19.1. The maximum absolute atomic E-state index is 13.4. The Kier molecular flexibility index (Phi) is 4.98. The van der Waals surface area contributed by atoms with Gasteiger partial charge in [0, 0.05) is 18.3 Å². The smallest absolute Gasteiger partial charge is 0.261 e. The van der Waals surface area contributed by atoms with Crippen LogP contribution < -0.4 is 16.2 Å². The summed E-state index contributed by atoms with van der Waals surface area (Å²) >= 11 is 0. The Morgan fingerprint density at radius 3 is 2.67 bits per heavy atom. The molecule has 0 fully saturated rings. The minimum absolute atomic E-state index is 0.106. The maximum Gasteiger partial charge on any atom is 0.261 e. The predicted octanol–water partition coefficient (Wildman–Crippen LogP) is 2.44. The van der Waals surface area contributed by atoms with E-state index in [0.717, 1.165) is 16.2 Å². The van der Waals surface area contributed by atoms with Gasteiger partial charge in [0.1, 0.15) is 12.4 Å². The van der Waals surface area contributed by atoms with E-state index in [1.54, 1.807) is 25.1 Å². The molecule has 2 amide bonds. The summed E-state index contributed by atoms with van der Waals surface area (Å²) in [6.45, 7) is 2.92. The number of fused-ring (bicyclic) bond motifs is 1. The molecule has 1 heterocycles. The van der Waals surface area contributed by atoms with Crippen LogP contribution in [0.15, 0.2) is 47.5 Å². The lowest BCUT2D eigenvalue weighted by molar-refractivity contribution is -0.117. The summed E-state index contributed by atoms with van der Waals surface area (Å²) in [5.74, 6) is -1.22. The predicted molar refractivity (Wildman–Crippen MR) is 100 cm³/mol. The topological polar surface area (TPSA) is 93.1 Å². The number of rotatable bonds is 4. The van der Waals surface area contributed by atoms with Crippen molar-refractivity contribution in [1.82, 2.24) is 9.55 Å². The van der Waals surface area contributed by atoms with Crippen molar-refractivity contribution >= 4 is 34.1 Å². The van der Waals surface area contributed by atoms with Crippen LogP contribution in [0.1, 0.15) is 12.5 Å². The molecule has 8 heteroatoms. The quantitative estimate of drug-likeness (QED) is 0.740. The van der Waals surface area contributed by atoms with Gasteiger partial charge in [0.15, 0.2) is 0 Å². The van der Waals surface area contributed by atoms with Gasteiger partial charge in [-0.2, -0.15) is 0 Å². The Balaban J connectivity index is 1.82. The molecule has 3 aromatic rings. The number of halogens is 1. The van der Waals surface area contributed by atoms with Gasteiger partial charge < -0.3 is 10.6 Å². The maximum atomic E-state index is 13.4. The van der Waals surface area contributed by atoms with E-state index in [4.69, 9.17) is 0 Å². The second kappa shape index (κ2) is 7.36. The third-order valence-electron chi connectivity index (χ3n) is 3.93. The highest BCUT2D eigenvalue weighted by Crippen LogP contribution is 2.20. The number of hydrogen-bond acceptors (Lipinski definition) is 4. The Hall–Kier alpha value is -3.55.